The van der Waals surface area contributed by atoms with Crippen molar-refractivity contribution in [2.75, 3.05) is 7.11 Å². The first-order valence-corrected chi connectivity index (χ1v) is 6.00. The molecule has 1 aromatic carbocycles. The Morgan fingerprint density at radius 3 is 2.47 bits per heavy atom. The number of benzene rings is 1. The number of nitrogens with zero attached hydrogens (tertiary/aromatic N) is 1. The van der Waals surface area contributed by atoms with Gasteiger partial charge in [-0.2, -0.15) is 4.99 Å². The van der Waals surface area contributed by atoms with E-state index in [-0.39, 0.29) is 11.3 Å². The van der Waals surface area contributed by atoms with Crippen LogP contribution in [0, 0.1) is 6.92 Å². The monoisotopic (exact) mass is 267 g/mol. The largest absolute Gasteiger partial charge is 0.496 e. The van der Waals surface area contributed by atoms with Gasteiger partial charge >= 0.3 is 0 Å². The van der Waals surface area contributed by atoms with Gasteiger partial charge in [0.05, 0.1) is 12.7 Å². The lowest BCUT2D eigenvalue weighted by atomic mass is 9.95. The Morgan fingerprint density at radius 2 is 2.05 bits per heavy atom. The van der Waals surface area contributed by atoms with E-state index in [1.165, 1.54) is 19.3 Å². The second-order valence-electron chi connectivity index (χ2n) is 5.02. The first-order valence-electron chi connectivity index (χ1n) is 6.00. The van der Waals surface area contributed by atoms with Gasteiger partial charge in [0, 0.05) is 12.5 Å². The standard InChI is InChI=1S/C14H15F2NO2/c1-9-6-10(13(2,15)16)12(19-3)11(7-9)14(4-5-14)17-8-18/h6-7H,4-5H2,1-3H3. The molecule has 3 nitrogen and oxygen atoms in total. The molecule has 19 heavy (non-hydrogen) atoms. The summed E-state index contributed by atoms with van der Waals surface area (Å²) in [5.74, 6) is -2.89. The lowest BCUT2D eigenvalue weighted by Crippen LogP contribution is -2.14. The normalized spacial score (nSPS) is 16.7. The predicted octanol–water partition coefficient (Wildman–Crippen LogP) is 3.44. The molecule has 0 atom stereocenters. The van der Waals surface area contributed by atoms with Gasteiger partial charge in [-0.25, -0.2) is 13.6 Å². The van der Waals surface area contributed by atoms with Gasteiger partial charge in [0.1, 0.15) is 11.3 Å². The third-order valence-electron chi connectivity index (χ3n) is 3.39. The minimum absolute atomic E-state index is 0.120. The third-order valence-corrected chi connectivity index (χ3v) is 3.39. The van der Waals surface area contributed by atoms with Crippen LogP contribution in [0.15, 0.2) is 17.1 Å². The summed E-state index contributed by atoms with van der Waals surface area (Å²) in [4.78, 5) is 14.3. The first kappa shape index (κ1) is 13.7. The van der Waals surface area contributed by atoms with Crippen LogP contribution in [0.2, 0.25) is 0 Å². The number of hydrogen-bond donors (Lipinski definition) is 0. The fraction of sp³-hybridized carbons (Fsp3) is 0.500. The Labute approximate surface area is 110 Å². The Kier molecular flexibility index (Phi) is 3.19. The number of halogens is 2. The smallest absolute Gasteiger partial charge is 0.274 e. The second kappa shape index (κ2) is 4.42. The van der Waals surface area contributed by atoms with Crippen LogP contribution in [0.1, 0.15) is 36.5 Å². The highest BCUT2D eigenvalue weighted by Crippen LogP contribution is 2.54. The quantitative estimate of drug-likeness (QED) is 0.619. The number of hydrogen-bond acceptors (Lipinski definition) is 3. The minimum Gasteiger partial charge on any atom is -0.496 e. The maximum absolute atomic E-state index is 13.7. The van der Waals surface area contributed by atoms with Gasteiger partial charge in [-0.3, -0.25) is 0 Å². The fourth-order valence-corrected chi connectivity index (χ4v) is 2.31. The summed E-state index contributed by atoms with van der Waals surface area (Å²) >= 11 is 0. The molecule has 1 aliphatic rings. The van der Waals surface area contributed by atoms with Gasteiger partial charge in [0.2, 0.25) is 6.08 Å². The van der Waals surface area contributed by atoms with Gasteiger partial charge < -0.3 is 4.74 Å². The van der Waals surface area contributed by atoms with Crippen molar-refractivity contribution in [1.29, 1.82) is 0 Å². The van der Waals surface area contributed by atoms with Crippen molar-refractivity contribution in [2.24, 2.45) is 4.99 Å². The zero-order valence-electron chi connectivity index (χ0n) is 11.1. The highest BCUT2D eigenvalue weighted by molar-refractivity contribution is 5.53. The summed E-state index contributed by atoms with van der Waals surface area (Å²) in [7, 11) is 1.35. The summed E-state index contributed by atoms with van der Waals surface area (Å²) in [5.41, 5.74) is 0.353. The van der Waals surface area contributed by atoms with Crippen LogP contribution < -0.4 is 4.74 Å². The van der Waals surface area contributed by atoms with E-state index in [1.54, 1.807) is 13.0 Å². The predicted molar refractivity (Wildman–Crippen MR) is 66.3 cm³/mol. The van der Waals surface area contributed by atoms with Gasteiger partial charge in [-0.15, -0.1) is 0 Å². The maximum atomic E-state index is 13.7. The van der Waals surface area contributed by atoms with E-state index < -0.39 is 11.5 Å². The van der Waals surface area contributed by atoms with E-state index >= 15 is 0 Å². The third kappa shape index (κ3) is 2.38. The van der Waals surface area contributed by atoms with E-state index in [9.17, 15) is 13.6 Å². The lowest BCUT2D eigenvalue weighted by molar-refractivity contribution is 0.0148. The highest BCUT2D eigenvalue weighted by Gasteiger charge is 2.48. The Morgan fingerprint density at radius 1 is 1.42 bits per heavy atom. The molecule has 5 heteroatoms. The number of carbonyl (C=O) groups excluding carboxylic acids is 1. The number of isocyanates is 1. The van der Waals surface area contributed by atoms with Crippen molar-refractivity contribution in [1.82, 2.24) is 0 Å². The molecule has 0 bridgehead atoms. The SMILES string of the molecule is COc1c(C(C)(F)F)cc(C)cc1C1(N=C=O)CC1. The van der Waals surface area contributed by atoms with Gasteiger partial charge in [-0.1, -0.05) is 5.56 Å². The van der Waals surface area contributed by atoms with Crippen molar-refractivity contribution in [3.05, 3.63) is 28.8 Å². The molecule has 102 valence electrons. The summed E-state index contributed by atoms with van der Waals surface area (Å²) in [6.45, 7) is 2.57. The minimum atomic E-state index is -3.01. The molecule has 0 N–H and O–H groups in total. The average Bonchev–Trinajstić information content (AvgIpc) is 3.08. The number of rotatable bonds is 4. The molecule has 0 aromatic heterocycles. The molecule has 0 heterocycles. The first-order chi connectivity index (χ1) is 8.84. The maximum Gasteiger partial charge on any atom is 0.274 e. The van der Waals surface area contributed by atoms with E-state index in [0.717, 1.165) is 6.92 Å². The van der Waals surface area contributed by atoms with Gasteiger partial charge in [0.25, 0.3) is 5.92 Å². The van der Waals surface area contributed by atoms with Crippen LogP contribution in [0.25, 0.3) is 0 Å². The zero-order valence-corrected chi connectivity index (χ0v) is 11.1. The van der Waals surface area contributed by atoms with Gasteiger partial charge in [-0.05, 0) is 31.9 Å². The van der Waals surface area contributed by atoms with Crippen LogP contribution in [0.5, 0.6) is 5.75 Å². The Balaban J connectivity index is 2.68. The molecular formula is C14H15F2NO2. The van der Waals surface area contributed by atoms with E-state index in [1.807, 2.05) is 0 Å². The number of methoxy groups -OCH3 is 1. The average molecular weight is 267 g/mol. The molecule has 1 aromatic rings. The molecule has 1 aliphatic carbocycles. The van der Waals surface area contributed by atoms with Crippen molar-refractivity contribution < 1.29 is 18.3 Å². The van der Waals surface area contributed by atoms with Crippen LogP contribution >= 0.6 is 0 Å². The molecule has 0 radical (unpaired) electrons. The van der Waals surface area contributed by atoms with Crippen molar-refractivity contribution >= 4 is 6.08 Å². The zero-order chi connectivity index (χ0) is 14.3. The number of aryl methyl sites for hydroxylation is 1. The Bertz CT molecular complexity index is 553. The fourth-order valence-electron chi connectivity index (χ4n) is 2.31. The van der Waals surface area contributed by atoms with Crippen molar-refractivity contribution in [3.63, 3.8) is 0 Å². The van der Waals surface area contributed by atoms with Gasteiger partial charge in [0.15, 0.2) is 0 Å². The molecular weight excluding hydrogens is 252 g/mol. The lowest BCUT2D eigenvalue weighted by Gasteiger charge is -2.21. The molecule has 0 unspecified atom stereocenters. The molecule has 2 rings (SSSR count). The molecule has 0 spiro atoms. The van der Waals surface area contributed by atoms with E-state index in [4.69, 9.17) is 4.74 Å². The number of alkyl halides is 2. The molecule has 1 fully saturated rings. The molecule has 0 aliphatic heterocycles. The van der Waals surface area contributed by atoms with E-state index in [0.29, 0.717) is 24.0 Å². The highest BCUT2D eigenvalue weighted by atomic mass is 19.3. The molecule has 0 amide bonds. The molecule has 0 saturated heterocycles. The summed E-state index contributed by atoms with van der Waals surface area (Å²) < 4.78 is 32.5. The van der Waals surface area contributed by atoms with Crippen molar-refractivity contribution in [3.8, 4) is 5.75 Å². The number of ether oxygens (including phenoxy) is 1. The number of aliphatic imine (C=N–C) groups is 1. The summed E-state index contributed by atoms with van der Waals surface area (Å²) in [5, 5.41) is 0. The topological polar surface area (TPSA) is 38.7 Å². The molecule has 1 saturated carbocycles. The summed E-state index contributed by atoms with van der Waals surface area (Å²) in [6, 6.07) is 3.16. The Hall–Kier alpha value is -1.74. The van der Waals surface area contributed by atoms with Crippen LogP contribution in [-0.2, 0) is 16.3 Å². The van der Waals surface area contributed by atoms with Crippen LogP contribution in [-0.4, -0.2) is 13.2 Å². The summed E-state index contributed by atoms with van der Waals surface area (Å²) in [6.07, 6.45) is 2.83. The van der Waals surface area contributed by atoms with Crippen molar-refractivity contribution in [2.45, 2.75) is 38.2 Å². The second-order valence-corrected chi connectivity index (χ2v) is 5.02. The van der Waals surface area contributed by atoms with E-state index in [2.05, 4.69) is 4.99 Å². The van der Waals surface area contributed by atoms with Crippen LogP contribution in [0.3, 0.4) is 0 Å². The van der Waals surface area contributed by atoms with Crippen LogP contribution in [0.4, 0.5) is 8.78 Å².